The molecule has 1 unspecified atom stereocenters. The summed E-state index contributed by atoms with van der Waals surface area (Å²) >= 11 is 0.347. The van der Waals surface area contributed by atoms with Crippen molar-refractivity contribution in [1.82, 2.24) is 0 Å². The van der Waals surface area contributed by atoms with Crippen LogP contribution in [0.4, 0.5) is 3.89 Å². The van der Waals surface area contributed by atoms with Gasteiger partial charge in [0, 0.05) is 4.90 Å². The summed E-state index contributed by atoms with van der Waals surface area (Å²) in [5.41, 5.74) is 3.00. The molecule has 1 aromatic rings. The van der Waals surface area contributed by atoms with Crippen molar-refractivity contribution in [2.75, 3.05) is 0 Å². The lowest BCUT2D eigenvalue weighted by molar-refractivity contribution is 0.336. The topological polar surface area (TPSA) is 0 Å². The summed E-state index contributed by atoms with van der Waals surface area (Å²) in [6.45, 7) is 6.81. The van der Waals surface area contributed by atoms with Gasteiger partial charge < -0.3 is 0 Å². The van der Waals surface area contributed by atoms with Crippen LogP contribution in [-0.2, 0) is 11.8 Å². The summed E-state index contributed by atoms with van der Waals surface area (Å²) in [6.07, 6.45) is 2.33. The van der Waals surface area contributed by atoms with E-state index in [9.17, 15) is 3.89 Å². The fraction of sp³-hybridized carbons (Fsp3) is 0.538. The molecule has 2 rings (SSSR count). The van der Waals surface area contributed by atoms with Gasteiger partial charge in [0.2, 0.25) is 0 Å². The van der Waals surface area contributed by atoms with Gasteiger partial charge in [-0.3, -0.25) is 0 Å². The zero-order valence-electron chi connectivity index (χ0n) is 9.51. The number of halogens is 1. The Hall–Kier alpha value is -0.500. The molecule has 1 aromatic carbocycles. The van der Waals surface area contributed by atoms with Crippen LogP contribution in [0.5, 0.6) is 0 Å². The molecule has 0 saturated heterocycles. The first-order chi connectivity index (χ1) is 7.08. The van der Waals surface area contributed by atoms with Crippen molar-refractivity contribution >= 4 is 12.1 Å². The lowest BCUT2D eigenvalue weighted by Crippen LogP contribution is -2.25. The molecule has 0 spiro atoms. The van der Waals surface area contributed by atoms with Gasteiger partial charge in [0.05, 0.1) is 12.1 Å². The third-order valence-corrected chi connectivity index (χ3v) is 4.41. The Morgan fingerprint density at radius 2 is 2.13 bits per heavy atom. The van der Waals surface area contributed by atoms with Crippen molar-refractivity contribution in [2.24, 2.45) is 5.92 Å². The molecule has 0 N–H and O–H groups in total. The summed E-state index contributed by atoms with van der Waals surface area (Å²) < 4.78 is 12.6. The maximum Gasteiger partial charge on any atom is 0.0812 e. The van der Waals surface area contributed by atoms with E-state index in [2.05, 4.69) is 26.8 Å². The molecular weight excluding hydrogens is 207 g/mol. The molecule has 2 heteroatoms. The number of fused-ring (bicyclic) bond motifs is 1. The van der Waals surface area contributed by atoms with Crippen LogP contribution in [0.3, 0.4) is 0 Å². The second kappa shape index (κ2) is 3.82. The summed E-state index contributed by atoms with van der Waals surface area (Å²) in [6, 6.07) is 6.01. The number of aryl methyl sites for hydroxylation is 1. The number of rotatable bonds is 2. The summed E-state index contributed by atoms with van der Waals surface area (Å²) in [5.74, 6) is 0.610. The van der Waals surface area contributed by atoms with E-state index in [1.807, 2.05) is 12.1 Å². The van der Waals surface area contributed by atoms with Crippen LogP contribution in [-0.4, -0.2) is 0 Å². The van der Waals surface area contributed by atoms with Crippen molar-refractivity contribution in [3.63, 3.8) is 0 Å². The maximum atomic E-state index is 12.6. The van der Waals surface area contributed by atoms with Crippen molar-refractivity contribution in [2.45, 2.75) is 43.9 Å². The van der Waals surface area contributed by atoms with Crippen LogP contribution in [0.25, 0.3) is 0 Å². The lowest BCUT2D eigenvalue weighted by atomic mass is 9.74. The Balaban J connectivity index is 2.48. The third kappa shape index (κ3) is 1.69. The van der Waals surface area contributed by atoms with E-state index >= 15 is 0 Å². The summed E-state index contributed by atoms with van der Waals surface area (Å²) in [4.78, 5) is 0.738. The molecule has 0 radical (unpaired) electrons. The molecule has 0 fully saturated rings. The fourth-order valence-electron chi connectivity index (χ4n) is 2.48. The zero-order chi connectivity index (χ0) is 11.1. The fourth-order valence-corrected chi connectivity index (χ4v) is 2.76. The summed E-state index contributed by atoms with van der Waals surface area (Å²) in [7, 11) is 0. The monoisotopic (exact) mass is 224 g/mol. The third-order valence-electron chi connectivity index (χ3n) is 3.97. The van der Waals surface area contributed by atoms with E-state index in [0.717, 1.165) is 11.3 Å². The smallest absolute Gasteiger partial charge is 0.0812 e. The second-order valence-electron chi connectivity index (χ2n) is 4.97. The van der Waals surface area contributed by atoms with Gasteiger partial charge >= 0.3 is 0 Å². The van der Waals surface area contributed by atoms with Gasteiger partial charge in [0.15, 0.2) is 0 Å². The van der Waals surface area contributed by atoms with Crippen LogP contribution >= 0.6 is 12.1 Å². The minimum absolute atomic E-state index is 0.237. The minimum atomic E-state index is 0.237. The molecule has 0 nitrogen and oxygen atoms in total. The van der Waals surface area contributed by atoms with Crippen molar-refractivity contribution in [3.05, 3.63) is 29.3 Å². The number of hydrogen-bond acceptors (Lipinski definition) is 1. The number of benzene rings is 1. The van der Waals surface area contributed by atoms with Gasteiger partial charge in [0.25, 0.3) is 0 Å². The SMILES string of the molecule is CC(C)C1(C)CCc2ccc(SF)cc21. The van der Waals surface area contributed by atoms with Crippen LogP contribution in [0.1, 0.15) is 38.3 Å². The first-order valence-corrected chi connectivity index (χ1v) is 6.21. The predicted octanol–water partition coefficient (Wildman–Crippen LogP) is 4.52. The molecule has 0 bridgehead atoms. The molecule has 1 aliphatic rings. The Bertz CT molecular complexity index is 373. The highest BCUT2D eigenvalue weighted by Crippen LogP contribution is 2.45. The Labute approximate surface area is 95.6 Å². The Kier molecular flexibility index (Phi) is 2.80. The van der Waals surface area contributed by atoms with Crippen LogP contribution in [0.15, 0.2) is 23.1 Å². The highest BCUT2D eigenvalue weighted by Gasteiger charge is 2.36. The average Bonchev–Trinajstić information content (AvgIpc) is 2.57. The Morgan fingerprint density at radius 3 is 2.73 bits per heavy atom. The minimum Gasteiger partial charge on any atom is -0.160 e. The van der Waals surface area contributed by atoms with Gasteiger partial charge in [-0.2, -0.15) is 3.89 Å². The largest absolute Gasteiger partial charge is 0.160 e. The van der Waals surface area contributed by atoms with Crippen LogP contribution in [0, 0.1) is 5.92 Å². The van der Waals surface area contributed by atoms with Gasteiger partial charge in [-0.25, -0.2) is 0 Å². The zero-order valence-corrected chi connectivity index (χ0v) is 10.3. The molecule has 0 saturated carbocycles. The highest BCUT2D eigenvalue weighted by atomic mass is 32.2. The summed E-state index contributed by atoms with van der Waals surface area (Å²) in [5, 5.41) is 0. The Morgan fingerprint density at radius 1 is 1.40 bits per heavy atom. The first kappa shape index (κ1) is 11.0. The van der Waals surface area contributed by atoms with Gasteiger partial charge in [0.1, 0.15) is 0 Å². The van der Waals surface area contributed by atoms with Gasteiger partial charge in [-0.05, 0) is 47.4 Å². The van der Waals surface area contributed by atoms with Crippen molar-refractivity contribution in [3.8, 4) is 0 Å². The molecular formula is C13H17FS. The van der Waals surface area contributed by atoms with Crippen molar-refractivity contribution < 1.29 is 3.89 Å². The van der Waals surface area contributed by atoms with E-state index in [0.29, 0.717) is 18.1 Å². The average molecular weight is 224 g/mol. The van der Waals surface area contributed by atoms with E-state index in [4.69, 9.17) is 0 Å². The molecule has 1 atom stereocenters. The normalized spacial score (nSPS) is 24.6. The maximum absolute atomic E-state index is 12.6. The van der Waals surface area contributed by atoms with Gasteiger partial charge in [-0.1, -0.05) is 26.8 Å². The second-order valence-corrected chi connectivity index (χ2v) is 5.59. The molecule has 0 heterocycles. The van der Waals surface area contributed by atoms with Crippen LogP contribution in [0.2, 0.25) is 0 Å². The number of hydrogen-bond donors (Lipinski definition) is 0. The van der Waals surface area contributed by atoms with E-state index in [1.165, 1.54) is 17.5 Å². The quantitative estimate of drug-likeness (QED) is 0.711. The first-order valence-electron chi connectivity index (χ1n) is 5.50. The van der Waals surface area contributed by atoms with E-state index in [1.54, 1.807) is 0 Å². The molecule has 0 amide bonds. The highest BCUT2D eigenvalue weighted by molar-refractivity contribution is 7.94. The van der Waals surface area contributed by atoms with E-state index < -0.39 is 0 Å². The van der Waals surface area contributed by atoms with Gasteiger partial charge in [-0.15, -0.1) is 0 Å². The predicted molar refractivity (Wildman–Crippen MR) is 63.9 cm³/mol. The van der Waals surface area contributed by atoms with Crippen LogP contribution < -0.4 is 0 Å². The molecule has 15 heavy (non-hydrogen) atoms. The van der Waals surface area contributed by atoms with E-state index in [-0.39, 0.29) is 5.41 Å². The van der Waals surface area contributed by atoms with Crippen molar-refractivity contribution in [1.29, 1.82) is 0 Å². The lowest BCUT2D eigenvalue weighted by Gasteiger charge is -2.30. The molecule has 0 aromatic heterocycles. The standard InChI is InChI=1S/C13H17FS/c1-9(2)13(3)7-6-10-4-5-11(15-14)8-12(10)13/h4-5,8-9H,6-7H2,1-3H3. The molecule has 0 aliphatic heterocycles. The molecule has 1 aliphatic carbocycles. The molecule has 82 valence electrons.